The monoisotopic (exact) mass is 414 g/mol. The number of aromatic amines is 1. The van der Waals surface area contributed by atoms with Gasteiger partial charge in [-0.2, -0.15) is 5.26 Å². The van der Waals surface area contributed by atoms with Gasteiger partial charge in [-0.1, -0.05) is 23.5 Å². The first-order valence-corrected chi connectivity index (χ1v) is 9.77. The predicted molar refractivity (Wildman–Crippen MR) is 104 cm³/mol. The largest absolute Gasteiger partial charge is 0.300 e. The second-order valence-corrected chi connectivity index (χ2v) is 7.31. The molecule has 3 aromatic rings. The van der Waals surface area contributed by atoms with Crippen LogP contribution in [-0.4, -0.2) is 21.1 Å². The van der Waals surface area contributed by atoms with E-state index in [1.165, 1.54) is 53.9 Å². The van der Waals surface area contributed by atoms with Gasteiger partial charge in [-0.15, -0.1) is 0 Å². The zero-order valence-electron chi connectivity index (χ0n) is 14.3. The molecule has 0 atom stereocenters. The van der Waals surface area contributed by atoms with Crippen LogP contribution in [0.4, 0.5) is 10.1 Å². The van der Waals surface area contributed by atoms with Gasteiger partial charge in [0.25, 0.3) is 11.2 Å². The number of nitrogens with zero attached hydrogens (tertiary/aromatic N) is 3. The summed E-state index contributed by atoms with van der Waals surface area (Å²) in [7, 11) is 0. The number of rotatable bonds is 5. The number of hydrogen-bond donors (Lipinski definition) is 1. The van der Waals surface area contributed by atoms with E-state index in [9.17, 15) is 24.6 Å². The number of nitrogens with one attached hydrogen (secondary N) is 1. The summed E-state index contributed by atoms with van der Waals surface area (Å²) in [6.07, 6.45) is 1.70. The molecule has 3 rings (SSSR count). The molecular weight excluding hydrogens is 403 g/mol. The van der Waals surface area contributed by atoms with Crippen molar-refractivity contribution < 1.29 is 9.31 Å². The minimum atomic E-state index is -0.624. The molecule has 7 nitrogen and oxygen atoms in total. The summed E-state index contributed by atoms with van der Waals surface area (Å²) >= 11 is 2.39. The summed E-state index contributed by atoms with van der Waals surface area (Å²) < 4.78 is 13.2. The molecule has 0 fully saturated rings. The summed E-state index contributed by atoms with van der Waals surface area (Å²) in [6.45, 7) is 0. The predicted octanol–water partition coefficient (Wildman–Crippen LogP) is 4.23. The fraction of sp³-hybridized carbons (Fsp3) is 0.0556. The van der Waals surface area contributed by atoms with E-state index in [1.807, 2.05) is 6.07 Å². The Hall–Kier alpha value is -3.16. The van der Waals surface area contributed by atoms with Gasteiger partial charge in [0.15, 0.2) is 5.16 Å². The molecular formula is C18H11FN4O3S2. The van der Waals surface area contributed by atoms with E-state index in [0.29, 0.717) is 9.79 Å². The van der Waals surface area contributed by atoms with Gasteiger partial charge in [0.05, 0.1) is 10.6 Å². The number of nitro benzene ring substituents is 1. The van der Waals surface area contributed by atoms with Crippen LogP contribution in [0, 0.1) is 27.3 Å². The highest BCUT2D eigenvalue weighted by molar-refractivity contribution is 7.99. The van der Waals surface area contributed by atoms with Crippen LogP contribution < -0.4 is 5.56 Å². The maximum Gasteiger partial charge on any atom is 0.270 e. The van der Waals surface area contributed by atoms with E-state index >= 15 is 0 Å². The van der Waals surface area contributed by atoms with E-state index in [2.05, 4.69) is 9.97 Å². The van der Waals surface area contributed by atoms with Crippen LogP contribution in [0.1, 0.15) is 5.56 Å². The second kappa shape index (κ2) is 8.24. The van der Waals surface area contributed by atoms with E-state index < -0.39 is 10.5 Å². The summed E-state index contributed by atoms with van der Waals surface area (Å²) in [5, 5.41) is 20.9. The first-order chi connectivity index (χ1) is 13.4. The molecule has 1 aromatic heterocycles. The highest BCUT2D eigenvalue weighted by Crippen LogP contribution is 2.38. The quantitative estimate of drug-likeness (QED) is 0.288. The number of halogens is 1. The van der Waals surface area contributed by atoms with Gasteiger partial charge >= 0.3 is 0 Å². The van der Waals surface area contributed by atoms with E-state index in [1.54, 1.807) is 18.4 Å². The zero-order chi connectivity index (χ0) is 20.3. The molecule has 0 saturated carbocycles. The smallest absolute Gasteiger partial charge is 0.270 e. The van der Waals surface area contributed by atoms with Crippen molar-refractivity contribution in [3.63, 3.8) is 0 Å². The Bertz CT molecular complexity index is 1160. The van der Waals surface area contributed by atoms with Gasteiger partial charge in [-0.25, -0.2) is 9.37 Å². The molecule has 0 unspecified atom stereocenters. The van der Waals surface area contributed by atoms with Crippen LogP contribution in [0.2, 0.25) is 0 Å². The molecule has 0 aliphatic rings. The van der Waals surface area contributed by atoms with Crippen LogP contribution >= 0.6 is 23.5 Å². The number of non-ortho nitro benzene ring substituents is 1. The lowest BCUT2D eigenvalue weighted by Gasteiger charge is -2.11. The maximum atomic E-state index is 13.2. The number of benzene rings is 2. The Morgan fingerprint density at radius 3 is 2.57 bits per heavy atom. The van der Waals surface area contributed by atoms with Gasteiger partial charge < -0.3 is 4.98 Å². The molecule has 0 saturated heterocycles. The van der Waals surface area contributed by atoms with Crippen molar-refractivity contribution >= 4 is 29.2 Å². The minimum absolute atomic E-state index is 0.0592. The van der Waals surface area contributed by atoms with Crippen molar-refractivity contribution in [2.75, 3.05) is 6.26 Å². The maximum absolute atomic E-state index is 13.2. The third-order valence-electron chi connectivity index (χ3n) is 3.67. The normalized spacial score (nSPS) is 10.5. The summed E-state index contributed by atoms with van der Waals surface area (Å²) in [4.78, 5) is 30.9. The molecule has 2 aromatic carbocycles. The molecule has 0 radical (unpaired) electrons. The van der Waals surface area contributed by atoms with E-state index in [-0.39, 0.29) is 33.5 Å². The SMILES string of the molecule is CSc1nc(-c2cc([N+](=O)[O-])ccc2Sc2ccc(F)cc2)c(C#N)c(=O)[nH]1. The average Bonchev–Trinajstić information content (AvgIpc) is 2.69. The van der Waals surface area contributed by atoms with Gasteiger partial charge in [0.2, 0.25) is 0 Å². The Labute approximate surface area is 166 Å². The van der Waals surface area contributed by atoms with Crippen molar-refractivity contribution in [3.8, 4) is 17.3 Å². The van der Waals surface area contributed by atoms with E-state index in [4.69, 9.17) is 0 Å². The molecule has 0 aliphatic carbocycles. The van der Waals surface area contributed by atoms with Crippen LogP contribution in [0.15, 0.2) is 62.2 Å². The Kier molecular flexibility index (Phi) is 5.77. The molecule has 0 spiro atoms. The van der Waals surface area contributed by atoms with Gasteiger partial charge in [-0.3, -0.25) is 14.9 Å². The van der Waals surface area contributed by atoms with Gasteiger partial charge in [0.1, 0.15) is 17.4 Å². The number of aromatic nitrogens is 2. The van der Waals surface area contributed by atoms with Crippen molar-refractivity contribution in [2.45, 2.75) is 14.9 Å². The molecule has 0 amide bonds. The summed E-state index contributed by atoms with van der Waals surface area (Å²) in [6, 6.07) is 11.7. The summed E-state index contributed by atoms with van der Waals surface area (Å²) in [5.74, 6) is -0.388. The molecule has 10 heteroatoms. The number of nitriles is 1. The van der Waals surface area contributed by atoms with Crippen LogP contribution in [-0.2, 0) is 0 Å². The van der Waals surface area contributed by atoms with Crippen molar-refractivity contribution in [1.82, 2.24) is 9.97 Å². The van der Waals surface area contributed by atoms with Crippen molar-refractivity contribution in [2.24, 2.45) is 0 Å². The number of H-pyrrole nitrogens is 1. The molecule has 1 heterocycles. The molecule has 140 valence electrons. The van der Waals surface area contributed by atoms with Crippen molar-refractivity contribution in [3.05, 3.63) is 74.3 Å². The highest BCUT2D eigenvalue weighted by Gasteiger charge is 2.20. The zero-order valence-corrected chi connectivity index (χ0v) is 15.9. The number of hydrogen-bond acceptors (Lipinski definition) is 7. The topological polar surface area (TPSA) is 113 Å². The third-order valence-corrected chi connectivity index (χ3v) is 5.34. The lowest BCUT2D eigenvalue weighted by Crippen LogP contribution is -2.14. The first kappa shape index (κ1) is 19.6. The Morgan fingerprint density at radius 2 is 1.96 bits per heavy atom. The lowest BCUT2D eigenvalue weighted by molar-refractivity contribution is -0.384. The van der Waals surface area contributed by atoms with Crippen LogP contribution in [0.25, 0.3) is 11.3 Å². The summed E-state index contributed by atoms with van der Waals surface area (Å²) in [5.41, 5.74) is -0.721. The Balaban J connectivity index is 2.23. The molecule has 1 N–H and O–H groups in total. The number of thioether (sulfide) groups is 1. The Morgan fingerprint density at radius 1 is 1.25 bits per heavy atom. The van der Waals surface area contributed by atoms with Crippen LogP contribution in [0.3, 0.4) is 0 Å². The average molecular weight is 414 g/mol. The van der Waals surface area contributed by atoms with E-state index in [0.717, 1.165) is 0 Å². The second-order valence-electron chi connectivity index (χ2n) is 5.40. The van der Waals surface area contributed by atoms with Crippen molar-refractivity contribution in [1.29, 1.82) is 5.26 Å². The number of nitro groups is 1. The van der Waals surface area contributed by atoms with Gasteiger partial charge in [-0.05, 0) is 36.6 Å². The fourth-order valence-corrected chi connectivity index (χ4v) is 3.69. The lowest BCUT2D eigenvalue weighted by atomic mass is 10.1. The van der Waals surface area contributed by atoms with Crippen LogP contribution in [0.5, 0.6) is 0 Å². The highest BCUT2D eigenvalue weighted by atomic mass is 32.2. The third kappa shape index (κ3) is 4.05. The molecule has 28 heavy (non-hydrogen) atoms. The minimum Gasteiger partial charge on any atom is -0.300 e. The molecule has 0 bridgehead atoms. The standard InChI is InChI=1S/C18H11FN4O3S2/c1-27-18-21-16(14(9-20)17(24)22-18)13-8-11(23(25)26)4-7-15(13)28-12-5-2-10(19)3-6-12/h2-8H,1H3,(H,21,22,24). The molecule has 0 aliphatic heterocycles. The first-order valence-electron chi connectivity index (χ1n) is 7.73. The fourth-order valence-electron chi connectivity index (χ4n) is 2.38. The van der Waals surface area contributed by atoms with Gasteiger partial charge in [0, 0.05) is 27.5 Å².